The van der Waals surface area contributed by atoms with Gasteiger partial charge in [0.15, 0.2) is 5.82 Å². The van der Waals surface area contributed by atoms with Gasteiger partial charge in [-0.05, 0) is 30.9 Å². The largest absolute Gasteiger partial charge is 0.281 e. The van der Waals surface area contributed by atoms with Gasteiger partial charge >= 0.3 is 0 Å². The van der Waals surface area contributed by atoms with E-state index in [0.29, 0.717) is 6.54 Å². The Balaban J connectivity index is 2.04. The summed E-state index contributed by atoms with van der Waals surface area (Å²) in [5.74, 6) is 2.77. The molecular formula is C19H17BrN4S. The molecule has 0 saturated carbocycles. The summed E-state index contributed by atoms with van der Waals surface area (Å²) in [5.41, 5.74) is 4.36. The van der Waals surface area contributed by atoms with E-state index in [2.05, 4.69) is 67.9 Å². The first-order valence-electron chi connectivity index (χ1n) is 8.17. The van der Waals surface area contributed by atoms with E-state index in [-0.39, 0.29) is 0 Å². The van der Waals surface area contributed by atoms with Crippen molar-refractivity contribution in [2.45, 2.75) is 25.3 Å². The summed E-state index contributed by atoms with van der Waals surface area (Å²) in [4.78, 5) is 6.18. The van der Waals surface area contributed by atoms with Gasteiger partial charge in [0, 0.05) is 20.5 Å². The first-order valence-corrected chi connectivity index (χ1v) is 9.95. The van der Waals surface area contributed by atoms with Crippen LogP contribution in [0.3, 0.4) is 0 Å². The van der Waals surface area contributed by atoms with Crippen molar-refractivity contribution in [3.05, 3.63) is 69.7 Å². The fourth-order valence-electron chi connectivity index (χ4n) is 3.14. The number of rotatable bonds is 3. The molecule has 3 aromatic rings. The van der Waals surface area contributed by atoms with Crippen LogP contribution >= 0.6 is 27.7 Å². The molecule has 0 bridgehead atoms. The molecule has 0 spiro atoms. The summed E-state index contributed by atoms with van der Waals surface area (Å²) in [6.07, 6.45) is 0. The second-order valence-corrected chi connectivity index (χ2v) is 7.89. The first-order chi connectivity index (χ1) is 12.2. The Labute approximate surface area is 159 Å². The summed E-state index contributed by atoms with van der Waals surface area (Å²) in [6.45, 7) is 4.68. The van der Waals surface area contributed by atoms with Crippen molar-refractivity contribution in [2.24, 2.45) is 4.99 Å². The average molecular weight is 413 g/mol. The minimum Gasteiger partial charge on any atom is -0.281 e. The van der Waals surface area contributed by atoms with Crippen molar-refractivity contribution in [1.82, 2.24) is 14.8 Å². The van der Waals surface area contributed by atoms with Gasteiger partial charge in [-0.15, -0.1) is 22.0 Å². The molecule has 25 heavy (non-hydrogen) atoms. The Bertz CT molecular complexity index is 977. The number of benzene rings is 2. The zero-order valence-corrected chi connectivity index (χ0v) is 16.4. The molecule has 2 aromatic carbocycles. The third-order valence-corrected chi connectivity index (χ3v) is 5.81. The van der Waals surface area contributed by atoms with E-state index in [1.54, 1.807) is 0 Å². The molecule has 126 valence electrons. The van der Waals surface area contributed by atoms with Crippen LogP contribution in [0.5, 0.6) is 0 Å². The highest BCUT2D eigenvalue weighted by molar-refractivity contribution is 9.10. The number of thioether (sulfide) groups is 1. The smallest absolute Gasteiger partial charge is 0.159 e. The molecule has 4 nitrogen and oxygen atoms in total. The number of hydrogen-bond acceptors (Lipinski definition) is 4. The molecule has 0 N–H and O–H groups in total. The zero-order valence-electron chi connectivity index (χ0n) is 14.0. The zero-order chi connectivity index (χ0) is 17.4. The van der Waals surface area contributed by atoms with Gasteiger partial charge in [-0.3, -0.25) is 9.56 Å². The van der Waals surface area contributed by atoms with Crippen molar-refractivity contribution >= 4 is 33.4 Å². The number of aromatic nitrogens is 3. The Kier molecular flexibility index (Phi) is 4.48. The van der Waals surface area contributed by atoms with Crippen LogP contribution in [-0.4, -0.2) is 26.2 Å². The van der Waals surface area contributed by atoms with Gasteiger partial charge in [0.05, 0.1) is 11.4 Å². The lowest BCUT2D eigenvalue weighted by molar-refractivity contribution is 0.861. The van der Waals surface area contributed by atoms with E-state index in [1.165, 1.54) is 4.90 Å². The monoisotopic (exact) mass is 412 g/mol. The lowest BCUT2D eigenvalue weighted by Gasteiger charge is -2.17. The highest BCUT2D eigenvalue weighted by Gasteiger charge is 2.24. The highest BCUT2D eigenvalue weighted by atomic mass is 79.9. The SMILES string of the molecule is CCSc1cccc2c1C(c1ccccc1Br)=NCc1nnc(C)n1-2. The Hall–Kier alpha value is -1.92. The molecule has 0 unspecified atom stereocenters. The van der Waals surface area contributed by atoms with Crippen LogP contribution in [0.25, 0.3) is 5.69 Å². The second kappa shape index (κ2) is 6.77. The molecule has 0 fully saturated rings. The molecule has 0 radical (unpaired) electrons. The van der Waals surface area contributed by atoms with Crippen molar-refractivity contribution in [3.63, 3.8) is 0 Å². The molecule has 6 heteroatoms. The minimum absolute atomic E-state index is 0.516. The molecule has 0 aliphatic carbocycles. The number of aryl methyl sites for hydroxylation is 1. The van der Waals surface area contributed by atoms with E-state index in [1.807, 2.05) is 30.8 Å². The van der Waals surface area contributed by atoms with Crippen LogP contribution in [0.2, 0.25) is 0 Å². The second-order valence-electron chi connectivity index (χ2n) is 5.73. The average Bonchev–Trinajstić information content (AvgIpc) is 2.89. The van der Waals surface area contributed by atoms with Gasteiger partial charge in [-0.1, -0.05) is 47.1 Å². The molecule has 4 rings (SSSR count). The minimum atomic E-state index is 0.516. The van der Waals surface area contributed by atoms with Crippen LogP contribution in [0, 0.1) is 6.92 Å². The fourth-order valence-corrected chi connectivity index (χ4v) is 4.45. The van der Waals surface area contributed by atoms with E-state index in [4.69, 9.17) is 4.99 Å². The number of halogens is 1. The van der Waals surface area contributed by atoms with Crippen LogP contribution in [-0.2, 0) is 6.54 Å². The molecule has 1 aliphatic rings. The van der Waals surface area contributed by atoms with Gasteiger partial charge < -0.3 is 0 Å². The summed E-state index contributed by atoms with van der Waals surface area (Å²) in [7, 11) is 0. The highest BCUT2D eigenvalue weighted by Crippen LogP contribution is 2.34. The molecular weight excluding hydrogens is 396 g/mol. The summed E-state index contributed by atoms with van der Waals surface area (Å²) in [6, 6.07) is 14.6. The van der Waals surface area contributed by atoms with Gasteiger partial charge in [-0.2, -0.15) is 0 Å². The van der Waals surface area contributed by atoms with Crippen molar-refractivity contribution in [1.29, 1.82) is 0 Å². The van der Waals surface area contributed by atoms with Crippen LogP contribution in [0.1, 0.15) is 29.7 Å². The maximum atomic E-state index is 4.94. The third kappa shape index (κ3) is 2.83. The Morgan fingerprint density at radius 3 is 2.76 bits per heavy atom. The van der Waals surface area contributed by atoms with E-state index < -0.39 is 0 Å². The lowest BCUT2D eigenvalue weighted by Crippen LogP contribution is -2.10. The van der Waals surface area contributed by atoms with Gasteiger partial charge in [0.25, 0.3) is 0 Å². The first kappa shape index (κ1) is 16.5. The van der Waals surface area contributed by atoms with Crippen molar-refractivity contribution < 1.29 is 0 Å². The third-order valence-electron chi connectivity index (χ3n) is 4.18. The fraction of sp³-hybridized carbons (Fsp3) is 0.211. The van der Waals surface area contributed by atoms with Crippen LogP contribution in [0.15, 0.2) is 56.8 Å². The molecule has 1 aromatic heterocycles. The van der Waals surface area contributed by atoms with Crippen LogP contribution < -0.4 is 0 Å². The van der Waals surface area contributed by atoms with Crippen molar-refractivity contribution in [2.75, 3.05) is 5.75 Å². The van der Waals surface area contributed by atoms with Crippen molar-refractivity contribution in [3.8, 4) is 5.69 Å². The number of aliphatic imine (C=N–C) groups is 1. The lowest BCUT2D eigenvalue weighted by atomic mass is 10.0. The molecule has 0 amide bonds. The number of hydrogen-bond donors (Lipinski definition) is 0. The maximum absolute atomic E-state index is 4.94. The molecule has 1 aliphatic heterocycles. The number of nitrogens with zero attached hydrogens (tertiary/aromatic N) is 4. The summed E-state index contributed by atoms with van der Waals surface area (Å²) in [5, 5.41) is 8.59. The van der Waals surface area contributed by atoms with E-state index in [0.717, 1.165) is 44.4 Å². The van der Waals surface area contributed by atoms with Gasteiger partial charge in [0.2, 0.25) is 0 Å². The summed E-state index contributed by atoms with van der Waals surface area (Å²) < 4.78 is 3.17. The number of fused-ring (bicyclic) bond motifs is 3. The molecule has 0 atom stereocenters. The van der Waals surface area contributed by atoms with Gasteiger partial charge in [-0.25, -0.2) is 0 Å². The van der Waals surface area contributed by atoms with E-state index in [9.17, 15) is 0 Å². The summed E-state index contributed by atoms with van der Waals surface area (Å²) >= 11 is 5.53. The maximum Gasteiger partial charge on any atom is 0.159 e. The standard InChI is InChI=1S/C19H17BrN4S/c1-3-25-16-10-6-9-15-18(16)19(13-7-4-5-8-14(13)20)21-11-17-23-22-12(2)24(15)17/h4-10H,3,11H2,1-2H3. The normalized spacial score (nSPS) is 13.0. The van der Waals surface area contributed by atoms with Crippen LogP contribution in [0.4, 0.5) is 0 Å². The van der Waals surface area contributed by atoms with Gasteiger partial charge in [0.1, 0.15) is 12.4 Å². The Morgan fingerprint density at radius 2 is 1.96 bits per heavy atom. The molecule has 0 saturated heterocycles. The van der Waals surface area contributed by atoms with E-state index >= 15 is 0 Å². The predicted octanol–water partition coefficient (Wildman–Crippen LogP) is 4.80. The Morgan fingerprint density at radius 1 is 1.12 bits per heavy atom. The quantitative estimate of drug-likeness (QED) is 0.580. The topological polar surface area (TPSA) is 43.1 Å². The predicted molar refractivity (Wildman–Crippen MR) is 106 cm³/mol. The molecule has 2 heterocycles.